The number of nitrogens with zero attached hydrogens (tertiary/aromatic N) is 4. The number of benzene rings is 2. The number of para-hydroxylation sites is 1. The van der Waals surface area contributed by atoms with E-state index in [2.05, 4.69) is 34.7 Å². The van der Waals surface area contributed by atoms with Crippen LogP contribution in [0.3, 0.4) is 0 Å². The van der Waals surface area contributed by atoms with Crippen molar-refractivity contribution in [3.8, 4) is 17.2 Å². The summed E-state index contributed by atoms with van der Waals surface area (Å²) in [5.74, 6) is 2.00. The summed E-state index contributed by atoms with van der Waals surface area (Å²) in [6.07, 6.45) is 0.801. The van der Waals surface area contributed by atoms with Crippen LogP contribution >= 0.6 is 0 Å². The summed E-state index contributed by atoms with van der Waals surface area (Å²) in [5, 5.41) is 15.9. The predicted molar refractivity (Wildman–Crippen MR) is 100.0 cm³/mol. The van der Waals surface area contributed by atoms with Crippen LogP contribution in [0.15, 0.2) is 48.5 Å². The molecule has 1 N–H and O–H groups in total. The van der Waals surface area contributed by atoms with Gasteiger partial charge in [-0.2, -0.15) is 4.68 Å². The molecule has 0 radical (unpaired) electrons. The number of ether oxygens (including phenoxy) is 2. The summed E-state index contributed by atoms with van der Waals surface area (Å²) in [6.45, 7) is 4.19. The van der Waals surface area contributed by atoms with Gasteiger partial charge in [0.25, 0.3) is 0 Å². The molecule has 1 aromatic heterocycles. The van der Waals surface area contributed by atoms with Crippen molar-refractivity contribution in [3.63, 3.8) is 0 Å². The lowest BCUT2D eigenvalue weighted by Crippen LogP contribution is -2.34. The molecule has 0 saturated heterocycles. The average Bonchev–Trinajstić information content (AvgIpc) is 3.18. The van der Waals surface area contributed by atoms with Gasteiger partial charge in [-0.05, 0) is 48.0 Å². The van der Waals surface area contributed by atoms with Crippen LogP contribution in [0, 0.1) is 0 Å². The minimum atomic E-state index is -0.446. The first-order valence-corrected chi connectivity index (χ1v) is 8.45. The Morgan fingerprint density at radius 3 is 2.42 bits per heavy atom. The van der Waals surface area contributed by atoms with Crippen molar-refractivity contribution in [1.29, 1.82) is 0 Å². The van der Waals surface area contributed by atoms with Gasteiger partial charge < -0.3 is 14.8 Å². The standard InChI is InChI=1S/C19H23N5O2/c1-5-19(2,20-14-9-7-6-8-10-14)18-21-22-23-24(18)15-11-12-16(25-3)17(13-15)26-4/h6-13,20H,5H2,1-4H3/t19-/m0/s1. The zero-order valence-corrected chi connectivity index (χ0v) is 15.4. The molecule has 0 unspecified atom stereocenters. The Kier molecular flexibility index (Phi) is 5.06. The molecule has 136 valence electrons. The lowest BCUT2D eigenvalue weighted by Gasteiger charge is -2.29. The van der Waals surface area contributed by atoms with Gasteiger partial charge >= 0.3 is 0 Å². The highest BCUT2D eigenvalue weighted by Gasteiger charge is 2.31. The number of nitrogens with one attached hydrogen (secondary N) is 1. The Bertz CT molecular complexity index is 865. The van der Waals surface area contributed by atoms with Crippen LogP contribution in [0.5, 0.6) is 11.5 Å². The zero-order valence-electron chi connectivity index (χ0n) is 15.4. The number of hydrogen-bond donors (Lipinski definition) is 1. The maximum absolute atomic E-state index is 5.40. The van der Waals surface area contributed by atoms with Gasteiger partial charge in [0.1, 0.15) is 0 Å². The van der Waals surface area contributed by atoms with E-state index in [1.807, 2.05) is 48.5 Å². The molecular formula is C19H23N5O2. The number of tetrazole rings is 1. The molecule has 0 fully saturated rings. The molecule has 0 aliphatic rings. The maximum Gasteiger partial charge on any atom is 0.181 e. The van der Waals surface area contributed by atoms with Crippen molar-refractivity contribution in [3.05, 3.63) is 54.4 Å². The quantitative estimate of drug-likeness (QED) is 0.701. The van der Waals surface area contributed by atoms with E-state index in [0.717, 1.165) is 23.6 Å². The summed E-state index contributed by atoms with van der Waals surface area (Å²) in [5.41, 5.74) is 1.37. The normalized spacial score (nSPS) is 13.1. The third-order valence-corrected chi connectivity index (χ3v) is 4.48. The topological polar surface area (TPSA) is 74.1 Å². The Hall–Kier alpha value is -3.09. The second kappa shape index (κ2) is 7.43. The summed E-state index contributed by atoms with van der Waals surface area (Å²) in [6, 6.07) is 15.6. The Morgan fingerprint density at radius 2 is 1.77 bits per heavy atom. The van der Waals surface area contributed by atoms with Crippen LogP contribution in [0.25, 0.3) is 5.69 Å². The van der Waals surface area contributed by atoms with Crippen molar-refractivity contribution in [2.45, 2.75) is 25.8 Å². The first-order valence-electron chi connectivity index (χ1n) is 8.45. The van der Waals surface area contributed by atoms with Crippen LogP contribution in [0.2, 0.25) is 0 Å². The average molecular weight is 353 g/mol. The van der Waals surface area contributed by atoms with Gasteiger partial charge in [0, 0.05) is 11.8 Å². The van der Waals surface area contributed by atoms with Crippen LogP contribution < -0.4 is 14.8 Å². The first-order chi connectivity index (χ1) is 12.6. The van der Waals surface area contributed by atoms with Gasteiger partial charge in [-0.3, -0.25) is 0 Å². The van der Waals surface area contributed by atoms with Crippen molar-refractivity contribution in [2.24, 2.45) is 0 Å². The fourth-order valence-electron chi connectivity index (χ4n) is 2.80. The molecule has 0 spiro atoms. The lowest BCUT2D eigenvalue weighted by atomic mass is 9.97. The minimum absolute atomic E-state index is 0.446. The highest BCUT2D eigenvalue weighted by atomic mass is 16.5. The summed E-state index contributed by atoms with van der Waals surface area (Å²) in [4.78, 5) is 0. The van der Waals surface area contributed by atoms with Crippen molar-refractivity contribution < 1.29 is 9.47 Å². The summed E-state index contributed by atoms with van der Waals surface area (Å²) in [7, 11) is 3.22. The molecule has 0 aliphatic heterocycles. The van der Waals surface area contributed by atoms with Gasteiger partial charge in [0.2, 0.25) is 0 Å². The van der Waals surface area contributed by atoms with E-state index in [1.165, 1.54) is 0 Å². The molecule has 1 atom stereocenters. The van der Waals surface area contributed by atoms with Gasteiger partial charge in [-0.25, -0.2) is 0 Å². The fourth-order valence-corrected chi connectivity index (χ4v) is 2.80. The molecule has 7 heteroatoms. The Labute approximate surface area is 152 Å². The number of hydrogen-bond acceptors (Lipinski definition) is 6. The maximum atomic E-state index is 5.40. The molecule has 7 nitrogen and oxygen atoms in total. The molecule has 3 aromatic rings. The highest BCUT2D eigenvalue weighted by Crippen LogP contribution is 2.32. The first kappa shape index (κ1) is 17.7. The van der Waals surface area contributed by atoms with E-state index < -0.39 is 5.54 Å². The van der Waals surface area contributed by atoms with E-state index in [9.17, 15) is 0 Å². The van der Waals surface area contributed by atoms with Crippen molar-refractivity contribution >= 4 is 5.69 Å². The Balaban J connectivity index is 2.01. The number of rotatable bonds is 7. The fraction of sp³-hybridized carbons (Fsp3) is 0.316. The van der Waals surface area contributed by atoms with Gasteiger partial charge in [0.15, 0.2) is 17.3 Å². The lowest BCUT2D eigenvalue weighted by molar-refractivity contribution is 0.354. The predicted octanol–water partition coefficient (Wildman–Crippen LogP) is 3.42. The van der Waals surface area contributed by atoms with Gasteiger partial charge in [0.05, 0.1) is 25.4 Å². The van der Waals surface area contributed by atoms with E-state index >= 15 is 0 Å². The van der Waals surface area contributed by atoms with Crippen LogP contribution in [0.1, 0.15) is 26.1 Å². The van der Waals surface area contributed by atoms with Crippen molar-refractivity contribution in [1.82, 2.24) is 20.2 Å². The molecule has 26 heavy (non-hydrogen) atoms. The Morgan fingerprint density at radius 1 is 1.04 bits per heavy atom. The molecule has 0 amide bonds. The molecule has 0 saturated carbocycles. The van der Waals surface area contributed by atoms with Gasteiger partial charge in [-0.1, -0.05) is 25.1 Å². The second-order valence-corrected chi connectivity index (χ2v) is 6.13. The minimum Gasteiger partial charge on any atom is -0.493 e. The second-order valence-electron chi connectivity index (χ2n) is 6.13. The molecule has 0 aliphatic carbocycles. The monoisotopic (exact) mass is 353 g/mol. The van der Waals surface area contributed by atoms with Crippen LogP contribution in [0.4, 0.5) is 5.69 Å². The number of anilines is 1. The molecule has 3 rings (SSSR count). The van der Waals surface area contributed by atoms with E-state index in [4.69, 9.17) is 9.47 Å². The van der Waals surface area contributed by atoms with Crippen LogP contribution in [-0.4, -0.2) is 34.4 Å². The van der Waals surface area contributed by atoms with Gasteiger partial charge in [-0.15, -0.1) is 5.10 Å². The smallest absolute Gasteiger partial charge is 0.181 e. The summed E-state index contributed by atoms with van der Waals surface area (Å²) < 4.78 is 12.4. The van der Waals surface area contributed by atoms with Crippen LogP contribution in [-0.2, 0) is 5.54 Å². The van der Waals surface area contributed by atoms with E-state index in [0.29, 0.717) is 11.5 Å². The van der Waals surface area contributed by atoms with E-state index in [1.54, 1.807) is 18.9 Å². The number of aromatic nitrogens is 4. The molecule has 0 bridgehead atoms. The SMILES string of the molecule is CC[C@](C)(Nc1ccccc1)c1nnnn1-c1ccc(OC)c(OC)c1. The third kappa shape index (κ3) is 3.33. The van der Waals surface area contributed by atoms with E-state index in [-0.39, 0.29) is 0 Å². The third-order valence-electron chi connectivity index (χ3n) is 4.48. The largest absolute Gasteiger partial charge is 0.493 e. The number of methoxy groups -OCH3 is 2. The summed E-state index contributed by atoms with van der Waals surface area (Å²) >= 11 is 0. The molecular weight excluding hydrogens is 330 g/mol. The highest BCUT2D eigenvalue weighted by molar-refractivity contribution is 5.50. The van der Waals surface area contributed by atoms with Crippen molar-refractivity contribution in [2.75, 3.05) is 19.5 Å². The zero-order chi connectivity index (χ0) is 18.6. The molecule has 1 heterocycles. The molecule has 2 aromatic carbocycles.